The summed E-state index contributed by atoms with van der Waals surface area (Å²) in [5.41, 5.74) is 0. The summed E-state index contributed by atoms with van der Waals surface area (Å²) < 4.78 is 0. The van der Waals surface area contributed by atoms with Crippen LogP contribution in [-0.2, 0) is 4.79 Å². The molecule has 1 aromatic rings. The summed E-state index contributed by atoms with van der Waals surface area (Å²) in [5.74, 6) is -1.01. The van der Waals surface area contributed by atoms with Crippen LogP contribution in [0.1, 0.15) is 14.5 Å². The second-order valence-electron chi connectivity index (χ2n) is 1.57. The highest BCUT2D eigenvalue weighted by molar-refractivity contribution is 7.15. The van der Waals surface area contributed by atoms with Gasteiger partial charge in [0.25, 0.3) is 0 Å². The highest BCUT2D eigenvalue weighted by Crippen LogP contribution is 2.13. The third-order valence-electron chi connectivity index (χ3n) is 0.917. The molecule has 1 heterocycles. The van der Waals surface area contributed by atoms with Crippen molar-refractivity contribution in [3.63, 3.8) is 0 Å². The zero-order valence-electron chi connectivity index (χ0n) is 4.83. The molecule has 4 heteroatoms. The topological polar surface area (TPSA) is 54.4 Å². The first kappa shape index (κ1) is 6.95. The molecule has 0 amide bonds. The molecule has 0 aliphatic carbocycles. The number of carboxylic acid groups (broad SMARTS) is 1. The number of hydrogen-bond acceptors (Lipinski definition) is 3. The normalized spacial score (nSPS) is 9.20. The number of carbonyl (C=O) groups is 1. The Bertz CT molecular complexity index is 264. The Kier molecular flexibility index (Phi) is 1.82. The monoisotopic (exact) mass is 155 g/mol. The van der Waals surface area contributed by atoms with Crippen LogP contribution in [0.25, 0.3) is 0 Å². The molecule has 1 radical (unpaired) electrons. The smallest absolute Gasteiger partial charge is 0.345 e. The zero-order chi connectivity index (χ0) is 7.56. The summed E-state index contributed by atoms with van der Waals surface area (Å²) >= 11 is 0.918. The van der Waals surface area contributed by atoms with Crippen molar-refractivity contribution in [2.45, 2.75) is 0 Å². The molecule has 0 unspecified atom stereocenters. The molecule has 1 aromatic heterocycles. The van der Waals surface area contributed by atoms with Gasteiger partial charge in [-0.05, 0) is 12.1 Å². The lowest BCUT2D eigenvalue weighted by molar-refractivity contribution is 0.0702. The highest BCUT2D eigenvalue weighted by Gasteiger charge is 2.05. The molecular weight excluding hydrogens is 152 g/mol. The van der Waals surface area contributed by atoms with Crippen LogP contribution >= 0.6 is 11.3 Å². The Morgan fingerprint density at radius 3 is 2.60 bits per heavy atom. The maximum absolute atomic E-state index is 10.2. The first-order chi connectivity index (χ1) is 4.74. The second kappa shape index (κ2) is 2.62. The Morgan fingerprint density at radius 2 is 2.30 bits per heavy atom. The van der Waals surface area contributed by atoms with Crippen LogP contribution in [0, 0.1) is 0 Å². The molecule has 1 N–H and O–H groups in total. The summed E-state index contributed by atoms with van der Waals surface area (Å²) in [4.78, 5) is 20.6. The second-order valence-corrected chi connectivity index (χ2v) is 2.65. The molecule has 3 nitrogen and oxygen atoms in total. The number of rotatable bonds is 2. The van der Waals surface area contributed by atoms with Crippen molar-refractivity contribution in [3.05, 3.63) is 21.9 Å². The van der Waals surface area contributed by atoms with E-state index in [0.717, 1.165) is 11.3 Å². The number of hydrogen-bond donors (Lipinski definition) is 1. The van der Waals surface area contributed by atoms with Gasteiger partial charge in [-0.2, -0.15) is 0 Å². The Morgan fingerprint density at radius 1 is 1.60 bits per heavy atom. The molecule has 0 bridgehead atoms. The fourth-order valence-corrected chi connectivity index (χ4v) is 1.15. The maximum atomic E-state index is 10.2. The largest absolute Gasteiger partial charge is 0.477 e. The van der Waals surface area contributed by atoms with Gasteiger partial charge >= 0.3 is 5.97 Å². The minimum Gasteiger partial charge on any atom is -0.477 e. The minimum absolute atomic E-state index is 0.165. The summed E-state index contributed by atoms with van der Waals surface area (Å²) in [5, 5.41) is 8.37. The third-order valence-corrected chi connectivity index (χ3v) is 1.89. The van der Waals surface area contributed by atoms with Gasteiger partial charge in [0.2, 0.25) is 6.29 Å². The lowest BCUT2D eigenvalue weighted by Gasteiger charge is -1.79. The predicted molar refractivity (Wildman–Crippen MR) is 36.1 cm³/mol. The molecule has 0 aliphatic rings. The van der Waals surface area contributed by atoms with E-state index >= 15 is 0 Å². The van der Waals surface area contributed by atoms with Crippen molar-refractivity contribution >= 4 is 23.6 Å². The van der Waals surface area contributed by atoms with E-state index in [-0.39, 0.29) is 4.88 Å². The number of aromatic carboxylic acids is 1. The molecule has 0 saturated heterocycles. The van der Waals surface area contributed by atoms with Crippen molar-refractivity contribution in [2.75, 3.05) is 0 Å². The van der Waals surface area contributed by atoms with E-state index < -0.39 is 5.97 Å². The molecule has 0 spiro atoms. The summed E-state index contributed by atoms with van der Waals surface area (Å²) in [7, 11) is 0. The zero-order valence-corrected chi connectivity index (χ0v) is 5.64. The van der Waals surface area contributed by atoms with E-state index in [9.17, 15) is 9.59 Å². The van der Waals surface area contributed by atoms with Gasteiger partial charge in [0.1, 0.15) is 4.88 Å². The van der Waals surface area contributed by atoms with E-state index in [4.69, 9.17) is 5.11 Å². The number of carboxylic acids is 1. The molecule has 51 valence electrons. The lowest BCUT2D eigenvalue weighted by atomic mass is 10.4. The Hall–Kier alpha value is -1.16. The van der Waals surface area contributed by atoms with Crippen molar-refractivity contribution < 1.29 is 14.7 Å². The molecular formula is C6H3O3S. The van der Waals surface area contributed by atoms with Crippen LogP contribution in [0.4, 0.5) is 0 Å². The molecule has 0 aliphatic heterocycles. The van der Waals surface area contributed by atoms with Gasteiger partial charge in [-0.1, -0.05) is 0 Å². The first-order valence-electron chi connectivity index (χ1n) is 2.45. The van der Waals surface area contributed by atoms with Crippen molar-refractivity contribution in [1.29, 1.82) is 0 Å². The maximum Gasteiger partial charge on any atom is 0.345 e. The van der Waals surface area contributed by atoms with Gasteiger partial charge in [-0.25, -0.2) is 4.79 Å². The molecule has 0 aromatic carbocycles. The standard InChI is InChI=1S/C6H3O3S/c7-3-4-1-2-5(10-4)6(8)9/h1-2H,(H,8,9). The quantitative estimate of drug-likeness (QED) is 0.690. The number of thiophene rings is 1. The van der Waals surface area contributed by atoms with Crippen LogP contribution in [-0.4, -0.2) is 17.4 Å². The fourth-order valence-electron chi connectivity index (χ4n) is 0.508. The average Bonchev–Trinajstić information content (AvgIpc) is 2.34. The summed E-state index contributed by atoms with van der Waals surface area (Å²) in [6.45, 7) is 0. The Balaban J connectivity index is 2.98. The van der Waals surface area contributed by atoms with E-state index in [1.807, 2.05) is 0 Å². The lowest BCUT2D eigenvalue weighted by Crippen LogP contribution is -1.89. The third kappa shape index (κ3) is 1.22. The fraction of sp³-hybridized carbons (Fsp3) is 0. The van der Waals surface area contributed by atoms with Gasteiger partial charge in [-0.3, -0.25) is 4.79 Å². The Labute approximate surface area is 60.9 Å². The van der Waals surface area contributed by atoms with Crippen molar-refractivity contribution in [2.24, 2.45) is 0 Å². The van der Waals surface area contributed by atoms with Crippen LogP contribution < -0.4 is 0 Å². The molecule has 0 fully saturated rings. The summed E-state index contributed by atoms with van der Waals surface area (Å²) in [6, 6.07) is 2.81. The molecule has 1 rings (SSSR count). The van der Waals surface area contributed by atoms with Gasteiger partial charge in [0, 0.05) is 0 Å². The van der Waals surface area contributed by atoms with Gasteiger partial charge in [-0.15, -0.1) is 11.3 Å². The molecule has 0 atom stereocenters. The van der Waals surface area contributed by atoms with Crippen LogP contribution in [0.3, 0.4) is 0 Å². The average molecular weight is 155 g/mol. The van der Waals surface area contributed by atoms with Crippen LogP contribution in [0.2, 0.25) is 0 Å². The molecule has 0 saturated carbocycles. The highest BCUT2D eigenvalue weighted by atomic mass is 32.1. The SMILES string of the molecule is O=[C]c1ccc(C(=O)O)s1. The predicted octanol–water partition coefficient (Wildman–Crippen LogP) is 0.904. The number of carbonyl (C=O) groups excluding carboxylic acids is 1. The summed E-state index contributed by atoms with van der Waals surface area (Å²) in [6.07, 6.45) is 1.61. The van der Waals surface area contributed by atoms with Crippen molar-refractivity contribution in [3.8, 4) is 0 Å². The van der Waals surface area contributed by atoms with E-state index in [1.165, 1.54) is 12.1 Å². The van der Waals surface area contributed by atoms with Crippen molar-refractivity contribution in [1.82, 2.24) is 0 Å². The van der Waals surface area contributed by atoms with Gasteiger partial charge < -0.3 is 5.11 Å². The van der Waals surface area contributed by atoms with E-state index in [0.29, 0.717) is 4.88 Å². The first-order valence-corrected chi connectivity index (χ1v) is 3.27. The minimum atomic E-state index is -1.01. The van der Waals surface area contributed by atoms with Crippen LogP contribution in [0.15, 0.2) is 12.1 Å². The molecule has 10 heavy (non-hydrogen) atoms. The van der Waals surface area contributed by atoms with Gasteiger partial charge in [0.05, 0.1) is 4.88 Å². The van der Waals surface area contributed by atoms with E-state index in [1.54, 1.807) is 6.29 Å². The van der Waals surface area contributed by atoms with E-state index in [2.05, 4.69) is 0 Å². The van der Waals surface area contributed by atoms with Crippen LogP contribution in [0.5, 0.6) is 0 Å². The van der Waals surface area contributed by atoms with Gasteiger partial charge in [0.15, 0.2) is 0 Å².